The van der Waals surface area contributed by atoms with Crippen molar-refractivity contribution in [3.63, 3.8) is 0 Å². The Bertz CT molecular complexity index is 1310. The van der Waals surface area contributed by atoms with E-state index in [2.05, 4.69) is 55.6 Å². The van der Waals surface area contributed by atoms with Gasteiger partial charge >= 0.3 is 5.97 Å². The van der Waals surface area contributed by atoms with E-state index in [4.69, 9.17) is 4.74 Å². The minimum Gasteiger partial charge on any atom is -0.466 e. The lowest BCUT2D eigenvalue weighted by Gasteiger charge is -2.22. The van der Waals surface area contributed by atoms with Crippen molar-refractivity contribution in [3.8, 4) is 0 Å². The Kier molecular flexibility index (Phi) is 68.9. The van der Waals surface area contributed by atoms with E-state index >= 15 is 0 Å². The van der Waals surface area contributed by atoms with Gasteiger partial charge in [-0.05, 0) is 83.5 Å². The monoisotopic (exact) mass is 1140 g/mol. The molecule has 0 aromatic carbocycles. The Labute approximate surface area is 506 Å². The molecule has 0 saturated carbocycles. The van der Waals surface area contributed by atoms with Crippen LogP contribution in [0.15, 0.2) is 36.5 Å². The molecule has 0 fully saturated rings. The first kappa shape index (κ1) is 79.1. The van der Waals surface area contributed by atoms with E-state index < -0.39 is 12.1 Å². The molecule has 0 rings (SSSR count). The van der Waals surface area contributed by atoms with E-state index in [9.17, 15) is 19.8 Å². The first-order chi connectivity index (χ1) is 40.0. The molecule has 0 spiro atoms. The van der Waals surface area contributed by atoms with Gasteiger partial charge in [0.15, 0.2) is 0 Å². The van der Waals surface area contributed by atoms with Crippen LogP contribution < -0.4 is 5.32 Å². The molecule has 0 aliphatic heterocycles. The third kappa shape index (κ3) is 67.1. The van der Waals surface area contributed by atoms with Gasteiger partial charge in [-0.3, -0.25) is 9.59 Å². The van der Waals surface area contributed by atoms with Gasteiger partial charge in [-0.2, -0.15) is 0 Å². The minimum atomic E-state index is -0.659. The van der Waals surface area contributed by atoms with E-state index in [-0.39, 0.29) is 18.5 Å². The Morgan fingerprint density at radius 2 is 0.617 bits per heavy atom. The van der Waals surface area contributed by atoms with Crippen molar-refractivity contribution < 1.29 is 24.5 Å². The van der Waals surface area contributed by atoms with E-state index in [1.807, 2.05) is 0 Å². The van der Waals surface area contributed by atoms with E-state index in [0.717, 1.165) is 51.4 Å². The smallest absolute Gasteiger partial charge is 0.305 e. The van der Waals surface area contributed by atoms with Gasteiger partial charge in [0.05, 0.1) is 25.4 Å². The summed E-state index contributed by atoms with van der Waals surface area (Å²) < 4.78 is 5.51. The molecule has 478 valence electrons. The quantitative estimate of drug-likeness (QED) is 0.0320. The van der Waals surface area contributed by atoms with Gasteiger partial charge in [0.25, 0.3) is 0 Å². The van der Waals surface area contributed by atoms with Crippen LogP contribution in [-0.2, 0) is 14.3 Å². The second-order valence-corrected chi connectivity index (χ2v) is 25.3. The molecule has 0 aliphatic carbocycles. The molecule has 6 nitrogen and oxygen atoms in total. The Balaban J connectivity index is 3.30. The molecule has 2 atom stereocenters. The zero-order chi connectivity index (χ0) is 58.5. The van der Waals surface area contributed by atoms with Crippen LogP contribution in [0.25, 0.3) is 0 Å². The number of carbonyl (C=O) groups is 2. The SMILES string of the molecule is CCCCCC/C=C\C/C=C\CCCCCCCCCC(=O)OCCCCCCCCCCCCCCCCCC/C=C\CCCCCCCCCCCCCCCCCCCC(=O)NC(CO)C(O)CCCCCCCCCCC. The predicted molar refractivity (Wildman–Crippen MR) is 356 cm³/mol. The largest absolute Gasteiger partial charge is 0.466 e. The maximum atomic E-state index is 12.4. The van der Waals surface area contributed by atoms with Crippen LogP contribution in [0.5, 0.6) is 0 Å². The van der Waals surface area contributed by atoms with Gasteiger partial charge in [-0.1, -0.05) is 346 Å². The summed E-state index contributed by atoms with van der Waals surface area (Å²) in [6.07, 6.45) is 90.9. The van der Waals surface area contributed by atoms with Crippen molar-refractivity contribution in [1.82, 2.24) is 5.32 Å². The van der Waals surface area contributed by atoms with Gasteiger partial charge in [-0.25, -0.2) is 0 Å². The maximum Gasteiger partial charge on any atom is 0.305 e. The van der Waals surface area contributed by atoms with Crippen molar-refractivity contribution in [3.05, 3.63) is 36.5 Å². The summed E-state index contributed by atoms with van der Waals surface area (Å²) in [5.74, 6) is -0.0174. The first-order valence-electron chi connectivity index (χ1n) is 36.7. The van der Waals surface area contributed by atoms with Crippen molar-refractivity contribution in [2.45, 2.75) is 418 Å². The molecule has 0 saturated heterocycles. The van der Waals surface area contributed by atoms with E-state index in [0.29, 0.717) is 25.9 Å². The van der Waals surface area contributed by atoms with Gasteiger partial charge in [0, 0.05) is 12.8 Å². The minimum absolute atomic E-state index is 0.0144. The Morgan fingerprint density at radius 3 is 0.963 bits per heavy atom. The average molecular weight is 1140 g/mol. The summed E-state index contributed by atoms with van der Waals surface area (Å²) in [6, 6.07) is -0.536. The number of carbonyl (C=O) groups excluding carboxylic acids is 2. The molecule has 1 amide bonds. The van der Waals surface area contributed by atoms with Crippen LogP contribution >= 0.6 is 0 Å². The topological polar surface area (TPSA) is 95.9 Å². The molecule has 0 aromatic rings. The summed E-state index contributed by atoms with van der Waals surface area (Å²) in [7, 11) is 0. The van der Waals surface area contributed by atoms with Crippen molar-refractivity contribution in [1.29, 1.82) is 0 Å². The normalized spacial score (nSPS) is 12.7. The number of esters is 1. The highest BCUT2D eigenvalue weighted by atomic mass is 16.5. The summed E-state index contributed by atoms with van der Waals surface area (Å²) in [5.41, 5.74) is 0. The third-order valence-corrected chi connectivity index (χ3v) is 17.2. The van der Waals surface area contributed by atoms with Gasteiger partial charge in [-0.15, -0.1) is 0 Å². The molecular formula is C75H143NO5. The molecule has 2 unspecified atom stereocenters. The highest BCUT2D eigenvalue weighted by Gasteiger charge is 2.20. The van der Waals surface area contributed by atoms with Crippen molar-refractivity contribution in [2.75, 3.05) is 13.2 Å². The molecule has 3 N–H and O–H groups in total. The number of ether oxygens (including phenoxy) is 1. The lowest BCUT2D eigenvalue weighted by atomic mass is 10.0. The molecular weight excluding hydrogens is 995 g/mol. The van der Waals surface area contributed by atoms with Gasteiger partial charge < -0.3 is 20.3 Å². The van der Waals surface area contributed by atoms with Crippen LogP contribution in [0, 0.1) is 0 Å². The number of hydrogen-bond acceptors (Lipinski definition) is 5. The molecule has 81 heavy (non-hydrogen) atoms. The molecule has 0 bridgehead atoms. The summed E-state index contributed by atoms with van der Waals surface area (Å²) in [4.78, 5) is 24.5. The second kappa shape index (κ2) is 70.6. The number of unbranched alkanes of at least 4 members (excludes halogenated alkanes) is 52. The number of aliphatic hydroxyl groups excluding tert-OH is 2. The molecule has 0 aliphatic rings. The lowest BCUT2D eigenvalue weighted by molar-refractivity contribution is -0.143. The Morgan fingerprint density at radius 1 is 0.346 bits per heavy atom. The van der Waals surface area contributed by atoms with Crippen LogP contribution in [0.1, 0.15) is 406 Å². The number of aliphatic hydroxyl groups is 2. The summed E-state index contributed by atoms with van der Waals surface area (Å²) >= 11 is 0. The summed E-state index contributed by atoms with van der Waals surface area (Å²) in [6.45, 7) is 4.94. The zero-order valence-electron chi connectivity index (χ0n) is 54.8. The fourth-order valence-corrected chi connectivity index (χ4v) is 11.6. The highest BCUT2D eigenvalue weighted by Crippen LogP contribution is 2.19. The van der Waals surface area contributed by atoms with Crippen LogP contribution in [0.4, 0.5) is 0 Å². The van der Waals surface area contributed by atoms with Gasteiger partial charge in [0.2, 0.25) is 5.91 Å². The van der Waals surface area contributed by atoms with Crippen LogP contribution in [0.2, 0.25) is 0 Å². The van der Waals surface area contributed by atoms with Gasteiger partial charge in [0.1, 0.15) is 0 Å². The molecule has 6 heteroatoms. The van der Waals surface area contributed by atoms with E-state index in [1.165, 1.54) is 321 Å². The maximum absolute atomic E-state index is 12.4. The van der Waals surface area contributed by atoms with Crippen molar-refractivity contribution >= 4 is 11.9 Å². The number of amides is 1. The molecule has 0 radical (unpaired) electrons. The van der Waals surface area contributed by atoms with Crippen LogP contribution in [0.3, 0.4) is 0 Å². The fraction of sp³-hybridized carbons (Fsp3) is 0.893. The average Bonchev–Trinajstić information content (AvgIpc) is 3.47. The number of allylic oxidation sites excluding steroid dienone is 6. The molecule has 0 aromatic heterocycles. The standard InChI is InChI=1S/C75H143NO5/c1-3-5-7-9-11-13-14-15-16-17-40-43-46-49-53-57-61-65-69-75(80)81-70-66-62-58-54-50-47-44-41-38-36-34-32-30-28-26-24-22-20-18-19-21-23-25-27-29-31-33-35-37-39-42-45-48-52-56-60-64-68-74(79)76-72(71-77)73(78)67-63-59-55-51-12-10-8-6-4-2/h13-14,16-18,20,72-73,77-78H,3-12,15,19,21-71H2,1-2H3,(H,76,79)/b14-13-,17-16-,20-18-. The molecule has 0 heterocycles. The lowest BCUT2D eigenvalue weighted by Crippen LogP contribution is -2.45. The van der Waals surface area contributed by atoms with E-state index in [1.54, 1.807) is 0 Å². The zero-order valence-corrected chi connectivity index (χ0v) is 54.8. The number of rotatable bonds is 69. The number of nitrogens with one attached hydrogen (secondary N) is 1. The van der Waals surface area contributed by atoms with Crippen molar-refractivity contribution in [2.24, 2.45) is 0 Å². The predicted octanol–water partition coefficient (Wildman–Crippen LogP) is 23.9. The Hall–Kier alpha value is -1.92. The fourth-order valence-electron chi connectivity index (χ4n) is 11.6. The second-order valence-electron chi connectivity index (χ2n) is 25.3. The number of hydrogen-bond donors (Lipinski definition) is 3. The highest BCUT2D eigenvalue weighted by molar-refractivity contribution is 5.76. The van der Waals surface area contributed by atoms with Crippen LogP contribution in [-0.4, -0.2) is 47.4 Å². The third-order valence-electron chi connectivity index (χ3n) is 17.2. The summed E-state index contributed by atoms with van der Waals surface area (Å²) in [5, 5.41) is 23.2. The first-order valence-corrected chi connectivity index (χ1v) is 36.7.